The van der Waals surface area contributed by atoms with Crippen molar-refractivity contribution >= 4 is 11.8 Å². The van der Waals surface area contributed by atoms with Gasteiger partial charge in [0.05, 0.1) is 11.7 Å². The molecule has 16 heavy (non-hydrogen) atoms. The Balaban J connectivity index is 1.51. The topological polar surface area (TPSA) is 51.0 Å². The summed E-state index contributed by atoms with van der Waals surface area (Å²) in [5, 5.41) is 8.08. The molecule has 4 nitrogen and oxygen atoms in total. The van der Waals surface area contributed by atoms with Crippen LogP contribution in [0.15, 0.2) is 4.52 Å². The van der Waals surface area contributed by atoms with Crippen LogP contribution >= 0.6 is 11.8 Å². The van der Waals surface area contributed by atoms with E-state index in [4.69, 9.17) is 4.52 Å². The fourth-order valence-corrected chi connectivity index (χ4v) is 3.37. The molecule has 1 aromatic heterocycles. The van der Waals surface area contributed by atoms with Crippen LogP contribution in [0.3, 0.4) is 0 Å². The number of thioether (sulfide) groups is 1. The van der Waals surface area contributed by atoms with Crippen molar-refractivity contribution in [2.75, 3.05) is 13.1 Å². The fourth-order valence-electron chi connectivity index (χ4n) is 2.20. The highest BCUT2D eigenvalue weighted by Gasteiger charge is 2.25. The fraction of sp³-hybridized carbons (Fsp3) is 0.818. The summed E-state index contributed by atoms with van der Waals surface area (Å²) in [7, 11) is 0. The summed E-state index contributed by atoms with van der Waals surface area (Å²) >= 11 is 1.99. The highest BCUT2D eigenvalue weighted by molar-refractivity contribution is 7.99. The van der Waals surface area contributed by atoms with Crippen LogP contribution in [0.5, 0.6) is 0 Å². The van der Waals surface area contributed by atoms with Crippen LogP contribution in [0.25, 0.3) is 0 Å². The Kier molecular flexibility index (Phi) is 3.15. The molecule has 1 aliphatic carbocycles. The zero-order chi connectivity index (χ0) is 10.8. The molecule has 1 saturated carbocycles. The lowest BCUT2D eigenvalue weighted by Gasteiger charge is -2.22. The first-order valence-electron chi connectivity index (χ1n) is 6.06. The Morgan fingerprint density at radius 1 is 1.31 bits per heavy atom. The van der Waals surface area contributed by atoms with Crippen LogP contribution in [-0.4, -0.2) is 28.5 Å². The highest BCUT2D eigenvalue weighted by atomic mass is 32.2. The maximum absolute atomic E-state index is 5.27. The molecule has 0 spiro atoms. The smallest absolute Gasteiger partial charge is 0.232 e. The van der Waals surface area contributed by atoms with Crippen molar-refractivity contribution in [3.8, 4) is 0 Å². The summed E-state index contributed by atoms with van der Waals surface area (Å²) in [5.41, 5.74) is 0. The molecule has 1 aliphatic heterocycles. The lowest BCUT2D eigenvalue weighted by Crippen LogP contribution is -2.40. The van der Waals surface area contributed by atoms with E-state index in [1.807, 2.05) is 11.8 Å². The third-order valence-electron chi connectivity index (χ3n) is 3.36. The molecule has 3 rings (SSSR count). The Bertz CT molecular complexity index is 345. The highest BCUT2D eigenvalue weighted by Crippen LogP contribution is 2.31. The second-order valence-corrected chi connectivity index (χ2v) is 5.91. The standard InChI is InChI=1S/C11H17N3OS/c1-2-4-9(3-1)16-7-10-13-11(15-14-10)8-5-12-6-8/h8-9,12H,1-7H2. The molecular formula is C11H17N3OS. The van der Waals surface area contributed by atoms with Crippen molar-refractivity contribution in [1.29, 1.82) is 0 Å². The number of hydrogen-bond acceptors (Lipinski definition) is 5. The maximum atomic E-state index is 5.27. The van der Waals surface area contributed by atoms with Gasteiger partial charge < -0.3 is 9.84 Å². The molecule has 0 amide bonds. The van der Waals surface area contributed by atoms with Gasteiger partial charge in [0.2, 0.25) is 5.89 Å². The molecule has 0 atom stereocenters. The van der Waals surface area contributed by atoms with Gasteiger partial charge in [0.15, 0.2) is 5.82 Å². The third kappa shape index (κ3) is 2.25. The average Bonchev–Trinajstić information content (AvgIpc) is 2.81. The van der Waals surface area contributed by atoms with Crippen LogP contribution in [0.2, 0.25) is 0 Å². The number of nitrogens with zero attached hydrogens (tertiary/aromatic N) is 2. The molecule has 2 heterocycles. The Morgan fingerprint density at radius 2 is 2.12 bits per heavy atom. The summed E-state index contributed by atoms with van der Waals surface area (Å²) < 4.78 is 5.27. The maximum Gasteiger partial charge on any atom is 0.232 e. The Labute approximate surface area is 99.6 Å². The molecule has 88 valence electrons. The van der Waals surface area contributed by atoms with Gasteiger partial charge >= 0.3 is 0 Å². The van der Waals surface area contributed by atoms with Gasteiger partial charge in [-0.3, -0.25) is 0 Å². The summed E-state index contributed by atoms with van der Waals surface area (Å²) in [6.07, 6.45) is 5.51. The van der Waals surface area contributed by atoms with E-state index in [1.54, 1.807) is 0 Å². The van der Waals surface area contributed by atoms with Gasteiger partial charge in [0.1, 0.15) is 0 Å². The quantitative estimate of drug-likeness (QED) is 0.870. The van der Waals surface area contributed by atoms with Crippen molar-refractivity contribution < 1.29 is 4.52 Å². The van der Waals surface area contributed by atoms with Gasteiger partial charge in [-0.05, 0) is 12.8 Å². The van der Waals surface area contributed by atoms with Gasteiger partial charge in [-0.25, -0.2) is 0 Å². The predicted octanol–water partition coefficient (Wildman–Crippen LogP) is 1.93. The number of nitrogens with one attached hydrogen (secondary N) is 1. The first-order chi connectivity index (χ1) is 7.92. The van der Waals surface area contributed by atoms with Crippen molar-refractivity contribution in [3.05, 3.63) is 11.7 Å². The number of aromatic nitrogens is 2. The van der Waals surface area contributed by atoms with Crippen molar-refractivity contribution in [3.63, 3.8) is 0 Å². The molecule has 0 unspecified atom stereocenters. The van der Waals surface area contributed by atoms with E-state index >= 15 is 0 Å². The van der Waals surface area contributed by atoms with E-state index in [0.717, 1.165) is 35.8 Å². The molecule has 5 heteroatoms. The summed E-state index contributed by atoms with van der Waals surface area (Å²) in [5.74, 6) is 3.06. The average molecular weight is 239 g/mol. The van der Waals surface area contributed by atoms with Crippen molar-refractivity contribution in [2.24, 2.45) is 0 Å². The minimum Gasteiger partial charge on any atom is -0.339 e. The van der Waals surface area contributed by atoms with Crippen LogP contribution in [0.4, 0.5) is 0 Å². The van der Waals surface area contributed by atoms with Crippen molar-refractivity contribution in [2.45, 2.75) is 42.6 Å². The van der Waals surface area contributed by atoms with Gasteiger partial charge in [0, 0.05) is 18.3 Å². The Morgan fingerprint density at radius 3 is 2.81 bits per heavy atom. The minimum atomic E-state index is 0.456. The second-order valence-electron chi connectivity index (χ2n) is 4.62. The first kappa shape index (κ1) is 10.6. The van der Waals surface area contributed by atoms with E-state index in [-0.39, 0.29) is 0 Å². The molecular weight excluding hydrogens is 222 g/mol. The van der Waals surface area contributed by atoms with Crippen LogP contribution in [-0.2, 0) is 5.75 Å². The minimum absolute atomic E-state index is 0.456. The zero-order valence-corrected chi connectivity index (χ0v) is 10.1. The molecule has 1 aromatic rings. The zero-order valence-electron chi connectivity index (χ0n) is 9.32. The molecule has 0 radical (unpaired) electrons. The normalized spacial score (nSPS) is 22.5. The van der Waals surface area contributed by atoms with E-state index in [2.05, 4.69) is 15.5 Å². The number of rotatable bonds is 4. The molecule has 0 aromatic carbocycles. The second kappa shape index (κ2) is 4.75. The molecule has 0 bridgehead atoms. The molecule has 2 fully saturated rings. The van der Waals surface area contributed by atoms with Gasteiger partial charge in [-0.2, -0.15) is 16.7 Å². The summed E-state index contributed by atoms with van der Waals surface area (Å²) in [6, 6.07) is 0. The lowest BCUT2D eigenvalue weighted by molar-refractivity contribution is 0.306. The first-order valence-corrected chi connectivity index (χ1v) is 7.11. The monoisotopic (exact) mass is 239 g/mol. The number of hydrogen-bond donors (Lipinski definition) is 1. The summed E-state index contributed by atoms with van der Waals surface area (Å²) in [6.45, 7) is 1.97. The Hall–Kier alpha value is -0.550. The summed E-state index contributed by atoms with van der Waals surface area (Å²) in [4.78, 5) is 4.45. The van der Waals surface area contributed by atoms with Crippen LogP contribution in [0, 0.1) is 0 Å². The van der Waals surface area contributed by atoms with Crippen LogP contribution in [0.1, 0.15) is 43.3 Å². The van der Waals surface area contributed by atoms with Gasteiger partial charge in [-0.1, -0.05) is 18.0 Å². The molecule has 1 saturated heterocycles. The van der Waals surface area contributed by atoms with E-state index < -0.39 is 0 Å². The molecule has 2 aliphatic rings. The SMILES string of the molecule is C1CCC(SCc2noc(C3CNC3)n2)C1. The van der Waals surface area contributed by atoms with Gasteiger partial charge in [0.25, 0.3) is 0 Å². The largest absolute Gasteiger partial charge is 0.339 e. The third-order valence-corrected chi connectivity index (χ3v) is 4.73. The molecule has 1 N–H and O–H groups in total. The van der Waals surface area contributed by atoms with Crippen LogP contribution < -0.4 is 5.32 Å². The predicted molar refractivity (Wildman–Crippen MR) is 63.5 cm³/mol. The lowest BCUT2D eigenvalue weighted by atomic mass is 10.0. The van der Waals surface area contributed by atoms with E-state index in [0.29, 0.717) is 5.92 Å². The van der Waals surface area contributed by atoms with Crippen molar-refractivity contribution in [1.82, 2.24) is 15.5 Å². The van der Waals surface area contributed by atoms with E-state index in [1.165, 1.54) is 25.7 Å². The van der Waals surface area contributed by atoms with E-state index in [9.17, 15) is 0 Å². The van der Waals surface area contributed by atoms with Gasteiger partial charge in [-0.15, -0.1) is 0 Å².